The molecular formula is C13H28O3. The van der Waals surface area contributed by atoms with Crippen molar-refractivity contribution in [2.24, 2.45) is 0 Å². The third-order valence-electron chi connectivity index (χ3n) is 2.54. The molecule has 0 aromatic heterocycles. The fourth-order valence-electron chi connectivity index (χ4n) is 1.44. The van der Waals surface area contributed by atoms with Crippen LogP contribution >= 0.6 is 0 Å². The third kappa shape index (κ3) is 12.0. The number of ether oxygens (including phenoxy) is 2. The molecule has 0 bridgehead atoms. The van der Waals surface area contributed by atoms with E-state index in [1.165, 1.54) is 25.7 Å². The van der Waals surface area contributed by atoms with Crippen molar-refractivity contribution in [2.75, 3.05) is 13.4 Å². The van der Waals surface area contributed by atoms with Gasteiger partial charge in [0, 0.05) is 6.61 Å². The van der Waals surface area contributed by atoms with Gasteiger partial charge in [0.25, 0.3) is 0 Å². The molecule has 3 heteroatoms. The number of rotatable bonds is 12. The van der Waals surface area contributed by atoms with E-state index in [0.717, 1.165) is 32.3 Å². The average molecular weight is 232 g/mol. The maximum absolute atomic E-state index is 9.46. The summed E-state index contributed by atoms with van der Waals surface area (Å²) in [4.78, 5) is 0. The quantitative estimate of drug-likeness (QED) is 0.414. The van der Waals surface area contributed by atoms with E-state index in [2.05, 4.69) is 13.8 Å². The van der Waals surface area contributed by atoms with E-state index < -0.39 is 6.29 Å². The van der Waals surface area contributed by atoms with E-state index in [9.17, 15) is 5.11 Å². The molecule has 3 nitrogen and oxygen atoms in total. The summed E-state index contributed by atoms with van der Waals surface area (Å²) in [5.41, 5.74) is 0. The van der Waals surface area contributed by atoms with Gasteiger partial charge in [-0.05, 0) is 19.3 Å². The summed E-state index contributed by atoms with van der Waals surface area (Å²) in [7, 11) is 0. The Balaban J connectivity index is 3.09. The van der Waals surface area contributed by atoms with E-state index in [1.54, 1.807) is 0 Å². The molecule has 98 valence electrons. The topological polar surface area (TPSA) is 38.7 Å². The van der Waals surface area contributed by atoms with Crippen LogP contribution in [0, 0.1) is 0 Å². The second kappa shape index (κ2) is 12.9. The normalized spacial score (nSPS) is 12.9. The Bertz CT molecular complexity index is 114. The zero-order chi connectivity index (χ0) is 12.1. The molecule has 1 unspecified atom stereocenters. The van der Waals surface area contributed by atoms with Crippen LogP contribution in [0.15, 0.2) is 0 Å². The lowest BCUT2D eigenvalue weighted by Crippen LogP contribution is -2.14. The van der Waals surface area contributed by atoms with Gasteiger partial charge >= 0.3 is 0 Å². The predicted octanol–water partition coefficient (Wildman–Crippen LogP) is 3.46. The van der Waals surface area contributed by atoms with Gasteiger partial charge in [-0.1, -0.05) is 46.0 Å². The zero-order valence-electron chi connectivity index (χ0n) is 10.9. The summed E-state index contributed by atoms with van der Waals surface area (Å²) in [6.07, 6.45) is 8.28. The highest BCUT2D eigenvalue weighted by Gasteiger charge is 2.03. The second-order valence-corrected chi connectivity index (χ2v) is 4.20. The van der Waals surface area contributed by atoms with Gasteiger partial charge in [0.1, 0.15) is 6.79 Å². The van der Waals surface area contributed by atoms with E-state index >= 15 is 0 Å². The Morgan fingerprint density at radius 2 is 1.62 bits per heavy atom. The molecule has 0 aliphatic rings. The number of hydrogen-bond donors (Lipinski definition) is 1. The minimum absolute atomic E-state index is 0.218. The van der Waals surface area contributed by atoms with E-state index in [-0.39, 0.29) is 6.79 Å². The van der Waals surface area contributed by atoms with Crippen molar-refractivity contribution in [3.63, 3.8) is 0 Å². The fourth-order valence-corrected chi connectivity index (χ4v) is 1.44. The summed E-state index contributed by atoms with van der Waals surface area (Å²) in [6.45, 7) is 5.26. The van der Waals surface area contributed by atoms with Gasteiger partial charge in [-0.2, -0.15) is 0 Å². The van der Waals surface area contributed by atoms with Crippen LogP contribution in [0.3, 0.4) is 0 Å². The first-order valence-electron chi connectivity index (χ1n) is 6.68. The van der Waals surface area contributed by atoms with Crippen molar-refractivity contribution >= 4 is 0 Å². The number of aliphatic hydroxyl groups is 1. The van der Waals surface area contributed by atoms with Crippen molar-refractivity contribution in [3.8, 4) is 0 Å². The van der Waals surface area contributed by atoms with Crippen LogP contribution in [0.4, 0.5) is 0 Å². The fraction of sp³-hybridized carbons (Fsp3) is 1.00. The lowest BCUT2D eigenvalue weighted by atomic mass is 10.1. The molecule has 0 aromatic rings. The maximum atomic E-state index is 9.46. The van der Waals surface area contributed by atoms with Gasteiger partial charge in [0.15, 0.2) is 6.29 Å². The van der Waals surface area contributed by atoms with Gasteiger partial charge in [0.2, 0.25) is 0 Å². The molecule has 1 atom stereocenters. The summed E-state index contributed by atoms with van der Waals surface area (Å²) >= 11 is 0. The molecule has 0 aromatic carbocycles. The molecular weight excluding hydrogens is 204 g/mol. The lowest BCUT2D eigenvalue weighted by molar-refractivity contribution is -0.172. The summed E-state index contributed by atoms with van der Waals surface area (Å²) < 4.78 is 10.3. The van der Waals surface area contributed by atoms with E-state index in [4.69, 9.17) is 9.47 Å². The minimum Gasteiger partial charge on any atom is -0.368 e. The predicted molar refractivity (Wildman–Crippen MR) is 66.2 cm³/mol. The van der Waals surface area contributed by atoms with Crippen molar-refractivity contribution in [3.05, 3.63) is 0 Å². The van der Waals surface area contributed by atoms with Crippen LogP contribution in [0.5, 0.6) is 0 Å². The third-order valence-corrected chi connectivity index (χ3v) is 2.54. The number of hydrogen-bond acceptors (Lipinski definition) is 3. The van der Waals surface area contributed by atoms with Gasteiger partial charge in [0.05, 0.1) is 0 Å². The highest BCUT2D eigenvalue weighted by molar-refractivity contribution is 4.45. The van der Waals surface area contributed by atoms with Gasteiger partial charge < -0.3 is 14.6 Å². The van der Waals surface area contributed by atoms with E-state index in [0.29, 0.717) is 0 Å². The molecule has 0 spiro atoms. The highest BCUT2D eigenvalue weighted by Crippen LogP contribution is 2.07. The van der Waals surface area contributed by atoms with Gasteiger partial charge in [-0.3, -0.25) is 0 Å². The van der Waals surface area contributed by atoms with Crippen LogP contribution in [0.1, 0.15) is 65.2 Å². The molecule has 0 heterocycles. The van der Waals surface area contributed by atoms with Crippen LogP contribution in [0.2, 0.25) is 0 Å². The van der Waals surface area contributed by atoms with Crippen molar-refractivity contribution in [1.82, 2.24) is 0 Å². The highest BCUT2D eigenvalue weighted by atomic mass is 16.7. The Hall–Kier alpha value is -0.120. The number of unbranched alkanes of at least 4 members (excludes halogenated alkanes) is 5. The molecule has 0 aliphatic heterocycles. The lowest BCUT2D eigenvalue weighted by Gasteiger charge is -2.11. The molecule has 0 fully saturated rings. The van der Waals surface area contributed by atoms with Crippen LogP contribution in [-0.2, 0) is 9.47 Å². The first-order chi connectivity index (χ1) is 7.81. The molecule has 0 saturated carbocycles. The smallest absolute Gasteiger partial charge is 0.157 e. The summed E-state index contributed by atoms with van der Waals surface area (Å²) in [6, 6.07) is 0. The SMILES string of the molecule is CCCCCCCC(O)OCOCCCC. The Labute approximate surface area is 100 Å². The molecule has 0 rings (SSSR count). The Morgan fingerprint density at radius 1 is 0.938 bits per heavy atom. The van der Waals surface area contributed by atoms with Crippen LogP contribution in [-0.4, -0.2) is 24.8 Å². The van der Waals surface area contributed by atoms with Crippen molar-refractivity contribution in [1.29, 1.82) is 0 Å². The van der Waals surface area contributed by atoms with Crippen molar-refractivity contribution in [2.45, 2.75) is 71.5 Å². The monoisotopic (exact) mass is 232 g/mol. The zero-order valence-corrected chi connectivity index (χ0v) is 10.9. The molecule has 0 amide bonds. The first-order valence-corrected chi connectivity index (χ1v) is 6.68. The van der Waals surface area contributed by atoms with Crippen molar-refractivity contribution < 1.29 is 14.6 Å². The Morgan fingerprint density at radius 3 is 2.31 bits per heavy atom. The second-order valence-electron chi connectivity index (χ2n) is 4.20. The average Bonchev–Trinajstić information content (AvgIpc) is 2.28. The van der Waals surface area contributed by atoms with Crippen LogP contribution < -0.4 is 0 Å². The summed E-state index contributed by atoms with van der Waals surface area (Å²) in [5.74, 6) is 0. The molecule has 0 saturated heterocycles. The van der Waals surface area contributed by atoms with E-state index in [1.807, 2.05) is 0 Å². The molecule has 0 radical (unpaired) electrons. The Kier molecular flexibility index (Phi) is 12.9. The molecule has 16 heavy (non-hydrogen) atoms. The first kappa shape index (κ1) is 15.9. The van der Waals surface area contributed by atoms with Crippen LogP contribution in [0.25, 0.3) is 0 Å². The standard InChI is InChI=1S/C13H28O3/c1-3-5-7-8-9-10-13(14)16-12-15-11-6-4-2/h13-14H,3-12H2,1-2H3. The maximum Gasteiger partial charge on any atom is 0.157 e. The molecule has 0 aliphatic carbocycles. The number of aliphatic hydroxyl groups excluding tert-OH is 1. The summed E-state index contributed by atoms with van der Waals surface area (Å²) in [5, 5.41) is 9.46. The van der Waals surface area contributed by atoms with Gasteiger partial charge in [-0.15, -0.1) is 0 Å². The minimum atomic E-state index is -0.650. The molecule has 1 N–H and O–H groups in total. The van der Waals surface area contributed by atoms with Gasteiger partial charge in [-0.25, -0.2) is 0 Å². The largest absolute Gasteiger partial charge is 0.368 e.